The van der Waals surface area contributed by atoms with Crippen molar-refractivity contribution in [2.24, 2.45) is 0 Å². The summed E-state index contributed by atoms with van der Waals surface area (Å²) in [7, 11) is 0. The van der Waals surface area contributed by atoms with Gasteiger partial charge in [-0.15, -0.1) is 0 Å². The Morgan fingerprint density at radius 1 is 1.39 bits per heavy atom. The molecule has 3 rings (SSSR count). The topological polar surface area (TPSA) is 27.8 Å². The van der Waals surface area contributed by atoms with Crippen molar-refractivity contribution in [3.8, 4) is 0 Å². The molecule has 0 amide bonds. The van der Waals surface area contributed by atoms with Crippen LogP contribution in [0.5, 0.6) is 0 Å². The Balaban J connectivity index is 1.71. The van der Waals surface area contributed by atoms with E-state index >= 15 is 0 Å². The van der Waals surface area contributed by atoms with E-state index in [1.807, 2.05) is 12.1 Å². The number of hydrogen-bond donors (Lipinski definition) is 2. The van der Waals surface area contributed by atoms with Crippen molar-refractivity contribution in [2.45, 2.75) is 38.6 Å². The molecule has 3 heteroatoms. The molecule has 0 atom stereocenters. The molecule has 1 heterocycles. The van der Waals surface area contributed by atoms with Gasteiger partial charge in [-0.1, -0.05) is 17.7 Å². The fourth-order valence-electron chi connectivity index (χ4n) is 2.54. The van der Waals surface area contributed by atoms with Crippen molar-refractivity contribution in [1.82, 2.24) is 10.3 Å². The second-order valence-electron chi connectivity index (χ2n) is 5.25. The second-order valence-corrected chi connectivity index (χ2v) is 5.69. The van der Waals surface area contributed by atoms with Crippen molar-refractivity contribution < 1.29 is 0 Å². The van der Waals surface area contributed by atoms with Crippen LogP contribution in [-0.4, -0.2) is 17.6 Å². The summed E-state index contributed by atoms with van der Waals surface area (Å²) < 4.78 is 0. The predicted octanol–water partition coefficient (Wildman–Crippen LogP) is 3.81. The van der Waals surface area contributed by atoms with Gasteiger partial charge in [0.1, 0.15) is 0 Å². The molecule has 0 bridgehead atoms. The highest BCUT2D eigenvalue weighted by Crippen LogP contribution is 2.26. The highest BCUT2D eigenvalue weighted by molar-refractivity contribution is 6.31. The van der Waals surface area contributed by atoms with Crippen molar-refractivity contribution >= 4 is 22.5 Å². The fraction of sp³-hybridized carbons (Fsp3) is 0.467. The van der Waals surface area contributed by atoms with Gasteiger partial charge in [0.2, 0.25) is 0 Å². The summed E-state index contributed by atoms with van der Waals surface area (Å²) in [5.74, 6) is 0. The van der Waals surface area contributed by atoms with E-state index in [0.29, 0.717) is 0 Å². The van der Waals surface area contributed by atoms with Crippen LogP contribution in [0, 0.1) is 6.92 Å². The maximum Gasteiger partial charge on any atom is 0.0473 e. The molecule has 1 saturated carbocycles. The number of fused-ring (bicyclic) bond motifs is 1. The summed E-state index contributed by atoms with van der Waals surface area (Å²) in [4.78, 5) is 3.43. The third-order valence-electron chi connectivity index (χ3n) is 3.70. The van der Waals surface area contributed by atoms with E-state index in [1.165, 1.54) is 35.9 Å². The lowest BCUT2D eigenvalue weighted by Gasteiger charge is -2.03. The maximum absolute atomic E-state index is 6.02. The van der Waals surface area contributed by atoms with Crippen molar-refractivity contribution in [3.63, 3.8) is 0 Å². The van der Waals surface area contributed by atoms with Crippen LogP contribution in [-0.2, 0) is 6.42 Å². The number of halogens is 1. The minimum Gasteiger partial charge on any atom is -0.358 e. The van der Waals surface area contributed by atoms with Crippen molar-refractivity contribution in [2.75, 3.05) is 6.54 Å². The minimum atomic E-state index is 0.797. The lowest BCUT2D eigenvalue weighted by atomic mass is 10.1. The molecular formula is C15H19ClN2. The molecule has 1 aliphatic carbocycles. The summed E-state index contributed by atoms with van der Waals surface area (Å²) in [6.07, 6.45) is 5.06. The van der Waals surface area contributed by atoms with Gasteiger partial charge in [-0.3, -0.25) is 0 Å². The average Bonchev–Trinajstić information content (AvgIpc) is 3.10. The molecule has 0 spiro atoms. The normalized spacial score (nSPS) is 15.4. The minimum absolute atomic E-state index is 0.797. The van der Waals surface area contributed by atoms with Crippen LogP contribution >= 0.6 is 11.6 Å². The van der Waals surface area contributed by atoms with Crippen LogP contribution in [0.3, 0.4) is 0 Å². The van der Waals surface area contributed by atoms with E-state index in [9.17, 15) is 0 Å². The molecule has 18 heavy (non-hydrogen) atoms. The van der Waals surface area contributed by atoms with Gasteiger partial charge < -0.3 is 10.3 Å². The first-order valence-electron chi connectivity index (χ1n) is 6.74. The number of rotatable bonds is 5. The molecule has 0 saturated heterocycles. The highest BCUT2D eigenvalue weighted by atomic mass is 35.5. The lowest BCUT2D eigenvalue weighted by molar-refractivity contribution is 0.646. The molecule has 96 valence electrons. The number of hydrogen-bond acceptors (Lipinski definition) is 1. The lowest BCUT2D eigenvalue weighted by Crippen LogP contribution is -2.17. The summed E-state index contributed by atoms with van der Waals surface area (Å²) in [5, 5.41) is 5.68. The Hall–Kier alpha value is -0.990. The molecule has 2 aromatic rings. The van der Waals surface area contributed by atoms with E-state index in [-0.39, 0.29) is 0 Å². The first-order valence-corrected chi connectivity index (χ1v) is 7.12. The fourth-order valence-corrected chi connectivity index (χ4v) is 2.72. The third kappa shape index (κ3) is 2.55. The van der Waals surface area contributed by atoms with Crippen LogP contribution < -0.4 is 5.32 Å². The first kappa shape index (κ1) is 12.1. The molecule has 2 N–H and O–H groups in total. The van der Waals surface area contributed by atoms with Gasteiger partial charge in [-0.05, 0) is 56.8 Å². The summed E-state index contributed by atoms with van der Waals surface area (Å²) in [6.45, 7) is 3.28. The second kappa shape index (κ2) is 4.94. The Morgan fingerprint density at radius 2 is 2.22 bits per heavy atom. The molecule has 1 fully saturated rings. The van der Waals surface area contributed by atoms with Crippen LogP contribution in [0.2, 0.25) is 5.02 Å². The van der Waals surface area contributed by atoms with E-state index in [2.05, 4.69) is 23.3 Å². The van der Waals surface area contributed by atoms with E-state index in [0.717, 1.165) is 29.5 Å². The number of aromatic nitrogens is 1. The Labute approximate surface area is 113 Å². The Bertz CT molecular complexity index is 555. The van der Waals surface area contributed by atoms with Crippen LogP contribution in [0.1, 0.15) is 30.5 Å². The maximum atomic E-state index is 6.02. The SMILES string of the molecule is Cc1[nH]c2cc(Cl)ccc2c1CCCNC1CC1. The van der Waals surface area contributed by atoms with Crippen molar-refractivity contribution in [1.29, 1.82) is 0 Å². The van der Waals surface area contributed by atoms with Crippen LogP contribution in [0.25, 0.3) is 10.9 Å². The quantitative estimate of drug-likeness (QED) is 0.788. The summed E-state index contributed by atoms with van der Waals surface area (Å²) in [5.41, 5.74) is 3.88. The number of aryl methyl sites for hydroxylation is 2. The van der Waals surface area contributed by atoms with Gasteiger partial charge in [-0.25, -0.2) is 0 Å². The van der Waals surface area contributed by atoms with Crippen LogP contribution in [0.4, 0.5) is 0 Å². The molecule has 2 nitrogen and oxygen atoms in total. The Kier molecular flexibility index (Phi) is 3.31. The first-order chi connectivity index (χ1) is 8.74. The number of aromatic amines is 1. The summed E-state index contributed by atoms with van der Waals surface area (Å²) >= 11 is 6.02. The molecule has 0 radical (unpaired) electrons. The van der Waals surface area contributed by atoms with E-state index in [4.69, 9.17) is 11.6 Å². The molecule has 1 aromatic carbocycles. The molecule has 0 aliphatic heterocycles. The summed E-state index contributed by atoms with van der Waals surface area (Å²) in [6, 6.07) is 6.93. The molecule has 0 unspecified atom stereocenters. The number of benzene rings is 1. The van der Waals surface area contributed by atoms with E-state index < -0.39 is 0 Å². The van der Waals surface area contributed by atoms with Gasteiger partial charge in [-0.2, -0.15) is 0 Å². The van der Waals surface area contributed by atoms with Crippen LogP contribution in [0.15, 0.2) is 18.2 Å². The van der Waals surface area contributed by atoms with E-state index in [1.54, 1.807) is 0 Å². The Morgan fingerprint density at radius 3 is 3.00 bits per heavy atom. The van der Waals surface area contributed by atoms with Crippen molar-refractivity contribution in [3.05, 3.63) is 34.5 Å². The average molecular weight is 263 g/mol. The monoisotopic (exact) mass is 262 g/mol. The number of H-pyrrole nitrogens is 1. The van der Waals surface area contributed by atoms with Gasteiger partial charge in [0.15, 0.2) is 0 Å². The zero-order chi connectivity index (χ0) is 12.5. The largest absolute Gasteiger partial charge is 0.358 e. The molecular weight excluding hydrogens is 244 g/mol. The highest BCUT2D eigenvalue weighted by Gasteiger charge is 2.19. The smallest absolute Gasteiger partial charge is 0.0473 e. The third-order valence-corrected chi connectivity index (χ3v) is 3.93. The molecule has 1 aliphatic rings. The standard InChI is InChI=1S/C15H19ClN2/c1-10-13(3-2-8-17-12-5-6-12)14-7-4-11(16)9-15(14)18-10/h4,7,9,12,17-18H,2-3,5-6,8H2,1H3. The van der Waals surface area contributed by atoms with Gasteiger partial charge in [0, 0.05) is 27.7 Å². The molecule has 1 aromatic heterocycles. The zero-order valence-electron chi connectivity index (χ0n) is 10.7. The van der Waals surface area contributed by atoms with Gasteiger partial charge in [0.05, 0.1) is 0 Å². The van der Waals surface area contributed by atoms with Gasteiger partial charge in [0.25, 0.3) is 0 Å². The number of nitrogens with one attached hydrogen (secondary N) is 2. The van der Waals surface area contributed by atoms with Gasteiger partial charge >= 0.3 is 0 Å². The zero-order valence-corrected chi connectivity index (χ0v) is 11.5. The predicted molar refractivity (Wildman–Crippen MR) is 77.4 cm³/mol.